The summed E-state index contributed by atoms with van der Waals surface area (Å²) in [5.74, 6) is 0.516. The summed E-state index contributed by atoms with van der Waals surface area (Å²) in [5, 5.41) is 0. The fraction of sp³-hybridized carbons (Fsp3) is 0.625. The molecule has 1 aromatic rings. The maximum atomic E-state index is 12.5. The van der Waals surface area contributed by atoms with Gasteiger partial charge in [0.1, 0.15) is 0 Å². The van der Waals surface area contributed by atoms with Crippen LogP contribution in [0.5, 0.6) is 0 Å². The Morgan fingerprint density at radius 1 is 1.19 bits per heavy atom. The van der Waals surface area contributed by atoms with Gasteiger partial charge >= 0.3 is 0 Å². The molecule has 1 aliphatic carbocycles. The van der Waals surface area contributed by atoms with Crippen LogP contribution in [0.1, 0.15) is 43.2 Å². The monoisotopic (exact) mass is 329 g/mol. The summed E-state index contributed by atoms with van der Waals surface area (Å²) in [7, 11) is -3.46. The second-order valence-electron chi connectivity index (χ2n) is 6.29. The first-order valence-electron chi connectivity index (χ1n) is 7.51. The second kappa shape index (κ2) is 6.67. The zero-order chi connectivity index (χ0) is 15.5. The number of sulfonamides is 1. The van der Waals surface area contributed by atoms with E-state index in [0.29, 0.717) is 17.3 Å². The number of aryl methyl sites for hydroxylation is 2. The molecule has 21 heavy (non-hydrogen) atoms. The third-order valence-electron chi connectivity index (χ3n) is 4.45. The molecule has 0 bridgehead atoms. The van der Waals surface area contributed by atoms with Crippen LogP contribution in [0.2, 0.25) is 0 Å². The van der Waals surface area contributed by atoms with E-state index in [-0.39, 0.29) is 5.41 Å². The van der Waals surface area contributed by atoms with Gasteiger partial charge in [-0.3, -0.25) is 0 Å². The number of benzene rings is 1. The van der Waals surface area contributed by atoms with E-state index in [1.165, 1.54) is 6.42 Å². The van der Waals surface area contributed by atoms with Crippen LogP contribution in [0, 0.1) is 19.3 Å². The van der Waals surface area contributed by atoms with E-state index in [0.717, 1.165) is 36.8 Å². The Labute approximate surface area is 133 Å². The number of alkyl halides is 1. The Morgan fingerprint density at radius 3 is 2.43 bits per heavy atom. The third-order valence-corrected chi connectivity index (χ3v) is 6.58. The normalized spacial score (nSPS) is 18.6. The van der Waals surface area contributed by atoms with E-state index < -0.39 is 10.0 Å². The highest BCUT2D eigenvalue weighted by molar-refractivity contribution is 7.89. The molecule has 0 aliphatic heterocycles. The van der Waals surface area contributed by atoms with E-state index in [1.807, 2.05) is 26.0 Å². The quantitative estimate of drug-likeness (QED) is 0.836. The van der Waals surface area contributed by atoms with Gasteiger partial charge in [0.15, 0.2) is 0 Å². The highest BCUT2D eigenvalue weighted by Gasteiger charge is 2.32. The lowest BCUT2D eigenvalue weighted by molar-refractivity contribution is 0.223. The Balaban J connectivity index is 2.13. The number of hydrogen-bond acceptors (Lipinski definition) is 2. The van der Waals surface area contributed by atoms with Crippen LogP contribution in [0.3, 0.4) is 0 Å². The van der Waals surface area contributed by atoms with Crippen molar-refractivity contribution in [2.24, 2.45) is 5.41 Å². The summed E-state index contributed by atoms with van der Waals surface area (Å²) in [5.41, 5.74) is 1.77. The molecule has 0 atom stereocenters. The Hall–Kier alpha value is -0.580. The van der Waals surface area contributed by atoms with Gasteiger partial charge in [-0.05, 0) is 43.7 Å². The molecule has 1 aliphatic rings. The number of rotatable bonds is 5. The molecular weight excluding hydrogens is 306 g/mol. The van der Waals surface area contributed by atoms with Gasteiger partial charge in [0, 0.05) is 12.4 Å². The van der Waals surface area contributed by atoms with Crippen molar-refractivity contribution >= 4 is 21.6 Å². The van der Waals surface area contributed by atoms with Crippen molar-refractivity contribution in [1.82, 2.24) is 4.72 Å². The molecule has 5 heteroatoms. The molecule has 0 amide bonds. The van der Waals surface area contributed by atoms with Crippen LogP contribution in [-0.2, 0) is 10.0 Å². The Morgan fingerprint density at radius 2 is 1.86 bits per heavy atom. The van der Waals surface area contributed by atoms with Crippen molar-refractivity contribution in [2.75, 3.05) is 12.4 Å². The minimum Gasteiger partial charge on any atom is -0.211 e. The SMILES string of the molecule is Cc1ccc(S(=O)(=O)NCC2(CCl)CCCCC2)c(C)c1. The van der Waals surface area contributed by atoms with Gasteiger partial charge in [-0.15, -0.1) is 11.6 Å². The lowest BCUT2D eigenvalue weighted by atomic mass is 9.76. The lowest BCUT2D eigenvalue weighted by Gasteiger charge is -2.35. The number of hydrogen-bond donors (Lipinski definition) is 1. The third kappa shape index (κ3) is 3.99. The molecular formula is C16H24ClNO2S. The molecule has 0 aromatic heterocycles. The van der Waals surface area contributed by atoms with Crippen LogP contribution >= 0.6 is 11.6 Å². The highest BCUT2D eigenvalue weighted by Crippen LogP contribution is 2.37. The van der Waals surface area contributed by atoms with E-state index in [2.05, 4.69) is 4.72 Å². The molecule has 0 saturated heterocycles. The molecule has 118 valence electrons. The molecule has 3 nitrogen and oxygen atoms in total. The smallest absolute Gasteiger partial charge is 0.211 e. The lowest BCUT2D eigenvalue weighted by Crippen LogP contribution is -2.40. The maximum Gasteiger partial charge on any atom is 0.240 e. The number of nitrogens with one attached hydrogen (secondary N) is 1. The average molecular weight is 330 g/mol. The maximum absolute atomic E-state index is 12.5. The molecule has 1 N–H and O–H groups in total. The average Bonchev–Trinajstić information content (AvgIpc) is 2.46. The first-order chi connectivity index (χ1) is 9.88. The standard InChI is InChI=1S/C16H24ClNO2S/c1-13-6-7-15(14(2)10-13)21(19,20)18-12-16(11-17)8-4-3-5-9-16/h6-7,10,18H,3-5,8-9,11-12H2,1-2H3. The van der Waals surface area contributed by atoms with Crippen molar-refractivity contribution < 1.29 is 8.42 Å². The zero-order valence-electron chi connectivity index (χ0n) is 12.8. The number of halogens is 1. The van der Waals surface area contributed by atoms with Gasteiger partial charge in [0.25, 0.3) is 0 Å². The molecule has 1 fully saturated rings. The molecule has 0 radical (unpaired) electrons. The second-order valence-corrected chi connectivity index (χ2v) is 8.29. The summed E-state index contributed by atoms with van der Waals surface area (Å²) >= 11 is 6.13. The largest absolute Gasteiger partial charge is 0.240 e. The van der Waals surface area contributed by atoms with Crippen LogP contribution in [0.25, 0.3) is 0 Å². The molecule has 0 heterocycles. The summed E-state index contributed by atoms with van der Waals surface area (Å²) in [4.78, 5) is 0.369. The van der Waals surface area contributed by atoms with Gasteiger partial charge in [-0.25, -0.2) is 13.1 Å². The first-order valence-corrected chi connectivity index (χ1v) is 9.53. The Bertz CT molecular complexity index is 592. The zero-order valence-corrected chi connectivity index (χ0v) is 14.4. The van der Waals surface area contributed by atoms with E-state index in [9.17, 15) is 8.42 Å². The van der Waals surface area contributed by atoms with Crippen molar-refractivity contribution in [3.8, 4) is 0 Å². The van der Waals surface area contributed by atoms with Crippen molar-refractivity contribution in [2.45, 2.75) is 50.8 Å². The predicted molar refractivity (Wildman–Crippen MR) is 87.3 cm³/mol. The predicted octanol–water partition coefficient (Wildman–Crippen LogP) is 3.77. The van der Waals surface area contributed by atoms with Crippen molar-refractivity contribution in [3.63, 3.8) is 0 Å². The molecule has 1 aromatic carbocycles. The summed E-state index contributed by atoms with van der Waals surface area (Å²) in [6, 6.07) is 5.41. The Kier molecular flexibility index (Phi) is 5.33. The van der Waals surface area contributed by atoms with Crippen LogP contribution in [-0.4, -0.2) is 20.8 Å². The topological polar surface area (TPSA) is 46.2 Å². The van der Waals surface area contributed by atoms with Gasteiger partial charge in [0.05, 0.1) is 4.90 Å². The molecule has 1 saturated carbocycles. The van der Waals surface area contributed by atoms with Crippen LogP contribution in [0.4, 0.5) is 0 Å². The van der Waals surface area contributed by atoms with Gasteiger partial charge < -0.3 is 0 Å². The van der Waals surface area contributed by atoms with Gasteiger partial charge in [-0.2, -0.15) is 0 Å². The highest BCUT2D eigenvalue weighted by atomic mass is 35.5. The summed E-state index contributed by atoms with van der Waals surface area (Å²) in [6.45, 7) is 4.23. The fourth-order valence-corrected chi connectivity index (χ4v) is 4.83. The minimum absolute atomic E-state index is 0.0779. The van der Waals surface area contributed by atoms with Gasteiger partial charge in [0.2, 0.25) is 10.0 Å². The van der Waals surface area contributed by atoms with Crippen molar-refractivity contribution in [1.29, 1.82) is 0 Å². The summed E-state index contributed by atoms with van der Waals surface area (Å²) in [6.07, 6.45) is 5.51. The van der Waals surface area contributed by atoms with Crippen LogP contribution < -0.4 is 4.72 Å². The van der Waals surface area contributed by atoms with Crippen molar-refractivity contribution in [3.05, 3.63) is 29.3 Å². The molecule has 0 spiro atoms. The summed E-state index contributed by atoms with van der Waals surface area (Å²) < 4.78 is 27.8. The van der Waals surface area contributed by atoms with E-state index >= 15 is 0 Å². The van der Waals surface area contributed by atoms with Gasteiger partial charge in [-0.1, -0.05) is 37.0 Å². The van der Waals surface area contributed by atoms with E-state index in [1.54, 1.807) is 6.07 Å². The first kappa shape index (κ1) is 16.8. The minimum atomic E-state index is -3.46. The van der Waals surface area contributed by atoms with Crippen LogP contribution in [0.15, 0.2) is 23.1 Å². The fourth-order valence-electron chi connectivity index (χ4n) is 3.09. The molecule has 0 unspecified atom stereocenters. The van der Waals surface area contributed by atoms with E-state index in [4.69, 9.17) is 11.6 Å². The molecule has 2 rings (SSSR count).